The van der Waals surface area contributed by atoms with E-state index >= 15 is 0 Å². The largest absolute Gasteiger partial charge is 0.247 e. The number of aryl methyl sites for hydroxylation is 1. The summed E-state index contributed by atoms with van der Waals surface area (Å²) in [5.41, 5.74) is 2.50. The van der Waals surface area contributed by atoms with Crippen molar-refractivity contribution >= 4 is 43.2 Å². The summed E-state index contributed by atoms with van der Waals surface area (Å²) in [5, 5.41) is 4.37. The Kier molecular flexibility index (Phi) is 5.39. The van der Waals surface area contributed by atoms with Gasteiger partial charge in [0.1, 0.15) is 0 Å². The van der Waals surface area contributed by atoms with Crippen LogP contribution in [-0.4, -0.2) is 10.3 Å². The first kappa shape index (κ1) is 14.2. The summed E-state index contributed by atoms with van der Waals surface area (Å²) >= 11 is 9.00. The standard InChI is InChI=1S/C14H15Br2NS/c1-10-9-18-14(17-10)7-11(8-15)6-12-4-2-3-5-13(12)16/h2-5,9,11H,6-8H2,1H3. The second-order valence-corrected chi connectivity index (χ2v) is 6.85. The molecule has 96 valence electrons. The molecule has 0 N–H and O–H groups in total. The molecule has 0 spiro atoms. The highest BCUT2D eigenvalue weighted by Crippen LogP contribution is 2.23. The van der Waals surface area contributed by atoms with Crippen LogP contribution in [0.2, 0.25) is 0 Å². The Bertz CT molecular complexity index is 510. The average molecular weight is 389 g/mol. The van der Waals surface area contributed by atoms with Gasteiger partial charge >= 0.3 is 0 Å². The number of hydrogen-bond donors (Lipinski definition) is 0. The Balaban J connectivity index is 2.04. The van der Waals surface area contributed by atoms with E-state index in [1.54, 1.807) is 11.3 Å². The van der Waals surface area contributed by atoms with Crippen molar-refractivity contribution in [2.75, 3.05) is 5.33 Å². The van der Waals surface area contributed by atoms with Gasteiger partial charge in [-0.2, -0.15) is 0 Å². The molecule has 1 unspecified atom stereocenters. The molecule has 0 aliphatic rings. The molecule has 1 aromatic heterocycles. The predicted octanol–water partition coefficient (Wildman–Crippen LogP) is 5.01. The monoisotopic (exact) mass is 387 g/mol. The van der Waals surface area contributed by atoms with E-state index in [1.165, 1.54) is 15.0 Å². The van der Waals surface area contributed by atoms with Gasteiger partial charge in [0.05, 0.1) is 5.01 Å². The van der Waals surface area contributed by atoms with Gasteiger partial charge in [0.25, 0.3) is 0 Å². The topological polar surface area (TPSA) is 12.9 Å². The molecule has 0 aliphatic carbocycles. The fraction of sp³-hybridized carbons (Fsp3) is 0.357. The quantitative estimate of drug-likeness (QED) is 0.656. The zero-order chi connectivity index (χ0) is 13.0. The molecule has 0 saturated heterocycles. The summed E-state index contributed by atoms with van der Waals surface area (Å²) in [4.78, 5) is 4.55. The van der Waals surface area contributed by atoms with E-state index in [0.29, 0.717) is 5.92 Å². The lowest BCUT2D eigenvalue weighted by Gasteiger charge is -2.13. The van der Waals surface area contributed by atoms with Gasteiger partial charge in [-0.25, -0.2) is 4.98 Å². The predicted molar refractivity (Wildman–Crippen MR) is 85.7 cm³/mol. The van der Waals surface area contributed by atoms with Crippen LogP contribution in [0, 0.1) is 12.8 Å². The lowest BCUT2D eigenvalue weighted by atomic mass is 9.98. The van der Waals surface area contributed by atoms with E-state index in [1.807, 2.05) is 0 Å². The van der Waals surface area contributed by atoms with Crippen LogP contribution in [0.4, 0.5) is 0 Å². The van der Waals surface area contributed by atoms with Crippen molar-refractivity contribution in [1.29, 1.82) is 0 Å². The first-order valence-corrected chi connectivity index (χ1v) is 8.69. The molecule has 1 nitrogen and oxygen atoms in total. The van der Waals surface area contributed by atoms with Crippen molar-refractivity contribution in [3.05, 3.63) is 50.4 Å². The number of thiazole rings is 1. The molecule has 18 heavy (non-hydrogen) atoms. The van der Waals surface area contributed by atoms with E-state index in [4.69, 9.17) is 0 Å². The molecule has 0 bridgehead atoms. The number of halogens is 2. The summed E-state index contributed by atoms with van der Waals surface area (Å²) < 4.78 is 1.20. The Labute approximate surface area is 129 Å². The van der Waals surface area contributed by atoms with Gasteiger partial charge in [0, 0.05) is 27.3 Å². The SMILES string of the molecule is Cc1csc(CC(CBr)Cc2ccccc2Br)n1. The third kappa shape index (κ3) is 3.90. The minimum Gasteiger partial charge on any atom is -0.247 e. The van der Waals surface area contributed by atoms with Crippen molar-refractivity contribution in [3.63, 3.8) is 0 Å². The van der Waals surface area contributed by atoms with Crippen molar-refractivity contribution < 1.29 is 0 Å². The highest BCUT2D eigenvalue weighted by Gasteiger charge is 2.13. The molecule has 0 aliphatic heterocycles. The highest BCUT2D eigenvalue weighted by atomic mass is 79.9. The van der Waals surface area contributed by atoms with Gasteiger partial charge < -0.3 is 0 Å². The van der Waals surface area contributed by atoms with Gasteiger partial charge in [0.15, 0.2) is 0 Å². The number of aromatic nitrogens is 1. The summed E-state index contributed by atoms with van der Waals surface area (Å²) in [6, 6.07) is 8.45. The van der Waals surface area contributed by atoms with E-state index < -0.39 is 0 Å². The number of alkyl halides is 1. The average Bonchev–Trinajstić information content (AvgIpc) is 2.76. The molecule has 0 amide bonds. The Hall–Kier alpha value is -0.190. The zero-order valence-corrected chi connectivity index (χ0v) is 14.2. The molecular formula is C14H15Br2NS. The zero-order valence-electron chi connectivity index (χ0n) is 10.2. The maximum atomic E-state index is 4.55. The number of benzene rings is 1. The van der Waals surface area contributed by atoms with Crippen molar-refractivity contribution in [1.82, 2.24) is 4.98 Å². The second kappa shape index (κ2) is 6.83. The fourth-order valence-corrected chi connectivity index (χ4v) is 3.69. The van der Waals surface area contributed by atoms with E-state index in [-0.39, 0.29) is 0 Å². The molecule has 1 aromatic carbocycles. The Morgan fingerprint density at radius 2 is 2.06 bits per heavy atom. The van der Waals surface area contributed by atoms with Gasteiger partial charge in [-0.3, -0.25) is 0 Å². The normalized spacial score (nSPS) is 12.6. The lowest BCUT2D eigenvalue weighted by Crippen LogP contribution is -2.10. The lowest BCUT2D eigenvalue weighted by molar-refractivity contribution is 0.587. The molecule has 1 atom stereocenters. The third-order valence-electron chi connectivity index (χ3n) is 2.81. The van der Waals surface area contributed by atoms with Crippen LogP contribution in [0.3, 0.4) is 0 Å². The molecule has 1 heterocycles. The maximum Gasteiger partial charge on any atom is 0.0931 e. The minimum absolute atomic E-state index is 0.592. The van der Waals surface area contributed by atoms with Crippen molar-refractivity contribution in [2.24, 2.45) is 5.92 Å². The fourth-order valence-electron chi connectivity index (χ4n) is 1.90. The summed E-state index contributed by atoms with van der Waals surface area (Å²) in [6.07, 6.45) is 2.12. The Morgan fingerprint density at radius 1 is 1.28 bits per heavy atom. The molecule has 0 fully saturated rings. The molecule has 0 saturated carbocycles. The van der Waals surface area contributed by atoms with Crippen LogP contribution in [-0.2, 0) is 12.8 Å². The van der Waals surface area contributed by atoms with Crippen LogP contribution >= 0.6 is 43.2 Å². The van der Waals surface area contributed by atoms with Crippen LogP contribution in [0.5, 0.6) is 0 Å². The number of nitrogens with zero attached hydrogens (tertiary/aromatic N) is 1. The maximum absolute atomic E-state index is 4.55. The molecule has 2 rings (SSSR count). The number of hydrogen-bond acceptors (Lipinski definition) is 2. The van der Waals surface area contributed by atoms with Gasteiger partial charge in [0.2, 0.25) is 0 Å². The Morgan fingerprint density at radius 3 is 2.67 bits per heavy atom. The smallest absolute Gasteiger partial charge is 0.0931 e. The molecule has 2 aromatic rings. The second-order valence-electron chi connectivity index (χ2n) is 4.40. The van der Waals surface area contributed by atoms with Crippen LogP contribution in [0.15, 0.2) is 34.1 Å². The minimum atomic E-state index is 0.592. The number of rotatable bonds is 5. The van der Waals surface area contributed by atoms with Gasteiger partial charge in [-0.15, -0.1) is 11.3 Å². The molecule has 0 radical (unpaired) electrons. The van der Waals surface area contributed by atoms with Crippen LogP contribution < -0.4 is 0 Å². The molecule has 4 heteroatoms. The van der Waals surface area contributed by atoms with Crippen molar-refractivity contribution in [2.45, 2.75) is 19.8 Å². The van der Waals surface area contributed by atoms with Gasteiger partial charge in [-0.1, -0.05) is 50.1 Å². The molecular weight excluding hydrogens is 374 g/mol. The highest BCUT2D eigenvalue weighted by molar-refractivity contribution is 9.10. The first-order valence-electron chi connectivity index (χ1n) is 5.89. The van der Waals surface area contributed by atoms with Crippen LogP contribution in [0.1, 0.15) is 16.3 Å². The summed E-state index contributed by atoms with van der Waals surface area (Å²) in [6.45, 7) is 2.05. The summed E-state index contributed by atoms with van der Waals surface area (Å²) in [5.74, 6) is 0.592. The van der Waals surface area contributed by atoms with Gasteiger partial charge in [-0.05, 0) is 30.9 Å². The third-order valence-corrected chi connectivity index (χ3v) is 5.49. The van der Waals surface area contributed by atoms with E-state index in [2.05, 4.69) is 73.4 Å². The van der Waals surface area contributed by atoms with Crippen LogP contribution in [0.25, 0.3) is 0 Å². The van der Waals surface area contributed by atoms with E-state index in [0.717, 1.165) is 23.9 Å². The van der Waals surface area contributed by atoms with E-state index in [9.17, 15) is 0 Å². The first-order chi connectivity index (χ1) is 8.69. The summed E-state index contributed by atoms with van der Waals surface area (Å²) in [7, 11) is 0. The van der Waals surface area contributed by atoms with Crippen molar-refractivity contribution in [3.8, 4) is 0 Å².